The maximum absolute atomic E-state index is 12.4. The molecule has 0 fully saturated rings. The van der Waals surface area contributed by atoms with Crippen LogP contribution in [0.25, 0.3) is 0 Å². The van der Waals surface area contributed by atoms with E-state index >= 15 is 0 Å². The van der Waals surface area contributed by atoms with Crippen LogP contribution in [0.3, 0.4) is 0 Å². The van der Waals surface area contributed by atoms with Crippen LogP contribution >= 0.6 is 0 Å². The largest absolute Gasteiger partial charge is 0.416 e. The lowest BCUT2D eigenvalue weighted by Gasteiger charge is -2.09. The molecule has 0 bridgehead atoms. The molecule has 0 aliphatic carbocycles. The second-order valence-corrected chi connectivity index (χ2v) is 6.68. The molecule has 2 rings (SSSR count). The number of rotatable bonds is 4. The summed E-state index contributed by atoms with van der Waals surface area (Å²) >= 11 is 0. The molecule has 1 N–H and O–H groups in total. The van der Waals surface area contributed by atoms with Crippen LogP contribution < -0.4 is 5.32 Å². The van der Waals surface area contributed by atoms with Crippen LogP contribution in [0.4, 0.5) is 18.9 Å². The third-order valence-corrected chi connectivity index (χ3v) is 4.55. The number of halogens is 3. The highest BCUT2D eigenvalue weighted by Gasteiger charge is 2.30. The molecule has 0 aromatic heterocycles. The number of amides is 1. The number of benzene rings is 2. The van der Waals surface area contributed by atoms with Gasteiger partial charge in [0.1, 0.15) is 5.75 Å². The van der Waals surface area contributed by atoms with Crippen molar-refractivity contribution in [2.24, 2.45) is 0 Å². The number of alkyl halides is 3. The van der Waals surface area contributed by atoms with Gasteiger partial charge in [-0.15, -0.1) is 0 Å². The monoisotopic (exact) mass is 343 g/mol. The third-order valence-electron chi connectivity index (χ3n) is 2.92. The van der Waals surface area contributed by atoms with Crippen molar-refractivity contribution in [2.45, 2.75) is 11.1 Å². The standard InChI is InChI=1S/C15H12F3NO3S/c16-15(17,18)11-6-8-12(9-7-11)19-14(20)10-23(21,22)13-4-2-1-3-5-13/h1-9H,10H2,(H,19,20). The van der Waals surface area contributed by atoms with Crippen molar-refractivity contribution >= 4 is 21.4 Å². The first-order valence-electron chi connectivity index (χ1n) is 6.43. The molecule has 0 heterocycles. The Morgan fingerprint density at radius 3 is 2.04 bits per heavy atom. The summed E-state index contributed by atoms with van der Waals surface area (Å²) in [7, 11) is -3.80. The van der Waals surface area contributed by atoms with Crippen LogP contribution in [0.1, 0.15) is 5.56 Å². The third kappa shape index (κ3) is 4.56. The van der Waals surface area contributed by atoms with Crippen molar-refractivity contribution in [3.63, 3.8) is 0 Å². The highest BCUT2D eigenvalue weighted by Crippen LogP contribution is 2.29. The summed E-state index contributed by atoms with van der Waals surface area (Å²) in [6.07, 6.45) is -4.47. The first-order valence-corrected chi connectivity index (χ1v) is 8.09. The maximum Gasteiger partial charge on any atom is 0.416 e. The number of hydrogen-bond acceptors (Lipinski definition) is 3. The van der Waals surface area contributed by atoms with Gasteiger partial charge in [-0.3, -0.25) is 4.79 Å². The van der Waals surface area contributed by atoms with E-state index in [2.05, 4.69) is 5.32 Å². The zero-order valence-electron chi connectivity index (χ0n) is 11.7. The van der Waals surface area contributed by atoms with Crippen LogP contribution in [-0.4, -0.2) is 20.1 Å². The molecule has 0 radical (unpaired) electrons. The quantitative estimate of drug-likeness (QED) is 0.928. The van der Waals surface area contributed by atoms with Gasteiger partial charge in [0.25, 0.3) is 0 Å². The van der Waals surface area contributed by atoms with Crippen LogP contribution in [0.15, 0.2) is 59.5 Å². The van der Waals surface area contributed by atoms with Crippen molar-refractivity contribution in [1.82, 2.24) is 0 Å². The molecular formula is C15H12F3NO3S. The predicted octanol–water partition coefficient (Wildman–Crippen LogP) is 3.12. The van der Waals surface area contributed by atoms with Gasteiger partial charge in [-0.25, -0.2) is 8.42 Å². The minimum absolute atomic E-state index is 0.00238. The van der Waals surface area contributed by atoms with E-state index in [1.807, 2.05) is 0 Å². The van der Waals surface area contributed by atoms with E-state index in [1.54, 1.807) is 6.07 Å². The molecular weight excluding hydrogens is 331 g/mol. The van der Waals surface area contributed by atoms with Crippen LogP contribution in [0.2, 0.25) is 0 Å². The van der Waals surface area contributed by atoms with Gasteiger partial charge in [0, 0.05) is 5.69 Å². The molecule has 2 aromatic carbocycles. The Morgan fingerprint density at radius 2 is 1.52 bits per heavy atom. The molecule has 1 amide bonds. The molecule has 0 atom stereocenters. The zero-order valence-corrected chi connectivity index (χ0v) is 12.5. The van der Waals surface area contributed by atoms with Crippen molar-refractivity contribution in [3.05, 3.63) is 60.2 Å². The van der Waals surface area contributed by atoms with Crippen LogP contribution in [0.5, 0.6) is 0 Å². The number of anilines is 1. The van der Waals surface area contributed by atoms with Gasteiger partial charge in [0.2, 0.25) is 5.91 Å². The van der Waals surface area contributed by atoms with E-state index in [0.29, 0.717) is 0 Å². The van der Waals surface area contributed by atoms with E-state index in [1.165, 1.54) is 24.3 Å². The lowest BCUT2D eigenvalue weighted by atomic mass is 10.2. The lowest BCUT2D eigenvalue weighted by molar-refractivity contribution is -0.137. The fourth-order valence-corrected chi connectivity index (χ4v) is 2.98. The van der Waals surface area contributed by atoms with Gasteiger partial charge in [-0.2, -0.15) is 13.2 Å². The molecule has 0 spiro atoms. The number of carbonyl (C=O) groups is 1. The van der Waals surface area contributed by atoms with Gasteiger partial charge in [0.05, 0.1) is 10.5 Å². The summed E-state index contributed by atoms with van der Waals surface area (Å²) in [6.45, 7) is 0. The summed E-state index contributed by atoms with van der Waals surface area (Å²) in [5.74, 6) is -1.62. The lowest BCUT2D eigenvalue weighted by Crippen LogP contribution is -2.23. The SMILES string of the molecule is O=C(CS(=O)(=O)c1ccccc1)Nc1ccc(C(F)(F)F)cc1. The summed E-state index contributed by atoms with van der Waals surface area (Å²) in [4.78, 5) is 11.8. The van der Waals surface area contributed by atoms with Gasteiger partial charge >= 0.3 is 6.18 Å². The predicted molar refractivity (Wildman–Crippen MR) is 78.6 cm³/mol. The second kappa shape index (κ2) is 6.41. The Labute approximate surface area is 130 Å². The smallest absolute Gasteiger partial charge is 0.325 e. The molecule has 0 unspecified atom stereocenters. The highest BCUT2D eigenvalue weighted by molar-refractivity contribution is 7.92. The van der Waals surface area contributed by atoms with E-state index in [4.69, 9.17) is 0 Å². The average Bonchev–Trinajstić information content (AvgIpc) is 2.47. The highest BCUT2D eigenvalue weighted by atomic mass is 32.2. The van der Waals surface area contributed by atoms with Gasteiger partial charge in [-0.1, -0.05) is 18.2 Å². The van der Waals surface area contributed by atoms with Crippen molar-refractivity contribution in [2.75, 3.05) is 11.1 Å². The zero-order chi connectivity index (χ0) is 17.1. The molecule has 4 nitrogen and oxygen atoms in total. The molecule has 0 saturated carbocycles. The van der Waals surface area contributed by atoms with Crippen molar-refractivity contribution in [3.8, 4) is 0 Å². The van der Waals surface area contributed by atoms with Gasteiger partial charge in [0.15, 0.2) is 9.84 Å². The number of sulfone groups is 1. The Bertz CT molecular complexity index is 785. The molecule has 0 saturated heterocycles. The molecule has 122 valence electrons. The molecule has 8 heteroatoms. The summed E-state index contributed by atoms with van der Waals surface area (Å²) in [6, 6.07) is 11.2. The number of hydrogen-bond donors (Lipinski definition) is 1. The summed E-state index contributed by atoms with van der Waals surface area (Å²) in [5.41, 5.74) is -0.765. The summed E-state index contributed by atoms with van der Waals surface area (Å²) in [5, 5.41) is 2.26. The number of nitrogens with one attached hydrogen (secondary N) is 1. The van der Waals surface area contributed by atoms with E-state index in [0.717, 1.165) is 24.3 Å². The Morgan fingerprint density at radius 1 is 0.957 bits per heavy atom. The minimum Gasteiger partial charge on any atom is -0.325 e. The normalized spacial score (nSPS) is 12.0. The molecule has 0 aliphatic rings. The maximum atomic E-state index is 12.4. The Kier molecular flexibility index (Phi) is 4.74. The topological polar surface area (TPSA) is 63.2 Å². The summed E-state index contributed by atoms with van der Waals surface area (Å²) < 4.78 is 61.3. The van der Waals surface area contributed by atoms with Gasteiger partial charge < -0.3 is 5.32 Å². The second-order valence-electron chi connectivity index (χ2n) is 4.70. The first-order chi connectivity index (χ1) is 10.7. The van der Waals surface area contributed by atoms with E-state index in [9.17, 15) is 26.4 Å². The van der Waals surface area contributed by atoms with E-state index < -0.39 is 33.2 Å². The van der Waals surface area contributed by atoms with E-state index in [-0.39, 0.29) is 10.6 Å². The van der Waals surface area contributed by atoms with Crippen LogP contribution in [-0.2, 0) is 20.8 Å². The number of carbonyl (C=O) groups excluding carboxylic acids is 1. The molecule has 23 heavy (non-hydrogen) atoms. The Balaban J connectivity index is 2.05. The van der Waals surface area contributed by atoms with Gasteiger partial charge in [-0.05, 0) is 36.4 Å². The minimum atomic E-state index is -4.47. The van der Waals surface area contributed by atoms with Crippen LogP contribution in [0, 0.1) is 0 Å². The first kappa shape index (κ1) is 17.0. The fourth-order valence-electron chi connectivity index (χ4n) is 1.82. The molecule has 2 aromatic rings. The Hall–Kier alpha value is -2.35. The fraction of sp³-hybridized carbons (Fsp3) is 0.133. The van der Waals surface area contributed by atoms with Crippen molar-refractivity contribution in [1.29, 1.82) is 0 Å². The average molecular weight is 343 g/mol. The van der Waals surface area contributed by atoms with Crippen molar-refractivity contribution < 1.29 is 26.4 Å². The molecule has 0 aliphatic heterocycles.